The van der Waals surface area contributed by atoms with Gasteiger partial charge >= 0.3 is 61.6 Å². The third-order valence-corrected chi connectivity index (χ3v) is 48.3. The molecular weight excluding hydrogens is 877 g/mol. The van der Waals surface area contributed by atoms with Crippen molar-refractivity contribution in [1.82, 2.24) is 0 Å². The second-order valence-electron chi connectivity index (χ2n) is 23.9. The predicted molar refractivity (Wildman–Crippen MR) is 244 cm³/mol. The minimum Gasteiger partial charge on any atom is -0.497 e. The molecule has 3 heterocycles. The number of hydrogen-bond donors (Lipinski definition) is 2. The van der Waals surface area contributed by atoms with Crippen LogP contribution in [0.5, 0.6) is 5.75 Å². The highest BCUT2D eigenvalue weighted by Crippen LogP contribution is 2.64. The summed E-state index contributed by atoms with van der Waals surface area (Å²) in [7, 11) is -33.2. The molecule has 0 saturated carbocycles. The molecule has 336 valence electrons. The van der Waals surface area contributed by atoms with Gasteiger partial charge in [0.25, 0.3) is 0 Å². The van der Waals surface area contributed by atoms with Gasteiger partial charge in [0.1, 0.15) is 5.75 Å². The van der Waals surface area contributed by atoms with E-state index < -0.39 is 105 Å². The average molecular weight is 956 g/mol. The molecule has 1 aromatic rings. The molecule has 3 fully saturated rings. The van der Waals surface area contributed by atoms with E-state index in [2.05, 4.69) is 13.1 Å². The van der Waals surface area contributed by atoms with Crippen LogP contribution in [0.1, 0.15) is 145 Å². The fourth-order valence-electron chi connectivity index (χ4n) is 6.41. The van der Waals surface area contributed by atoms with Crippen molar-refractivity contribution in [1.29, 1.82) is 0 Å². The lowest BCUT2D eigenvalue weighted by Crippen LogP contribution is -2.88. The molecule has 0 aromatic heterocycles. The van der Waals surface area contributed by atoms with Crippen molar-refractivity contribution in [2.24, 2.45) is 0 Å². The molecule has 3 saturated heterocycles. The zero-order valence-corrected chi connectivity index (χ0v) is 48.2. The maximum Gasteiger partial charge on any atom is 0.489 e. The minimum absolute atomic E-state index is 0.674. The van der Waals surface area contributed by atoms with E-state index in [1.165, 1.54) is 0 Å². The number of ether oxygens (including phenoxy) is 1. The van der Waals surface area contributed by atoms with Crippen LogP contribution in [0.2, 0.25) is 48.4 Å². The molecule has 13 nitrogen and oxygen atoms in total. The largest absolute Gasteiger partial charge is 0.497 e. The van der Waals surface area contributed by atoms with Crippen molar-refractivity contribution >= 4 is 75.1 Å². The molecule has 4 unspecified atom stereocenters. The summed E-state index contributed by atoms with van der Waals surface area (Å²) in [5, 5.41) is -5.90. The monoisotopic (exact) mass is 954 g/mol. The van der Waals surface area contributed by atoms with Crippen LogP contribution in [0.4, 0.5) is 0 Å². The molecule has 0 radical (unpaired) electrons. The van der Waals surface area contributed by atoms with Gasteiger partial charge in [-0.3, -0.25) is 0 Å². The van der Waals surface area contributed by atoms with Crippen molar-refractivity contribution in [3.8, 4) is 5.75 Å². The van der Waals surface area contributed by atoms with Gasteiger partial charge in [0.2, 0.25) is 8.32 Å². The Kier molecular flexibility index (Phi) is 12.9. The Morgan fingerprint density at radius 3 is 1.00 bits per heavy atom. The van der Waals surface area contributed by atoms with Gasteiger partial charge < -0.3 is 55.5 Å². The zero-order chi connectivity index (χ0) is 45.3. The van der Waals surface area contributed by atoms with E-state index in [0.717, 1.165) is 5.19 Å². The van der Waals surface area contributed by atoms with Crippen LogP contribution >= 0.6 is 0 Å². The van der Waals surface area contributed by atoms with Crippen LogP contribution in [0.15, 0.2) is 24.3 Å². The molecule has 4 atom stereocenters. The topological polar surface area (TPSA) is 142 Å². The maximum atomic E-state index is 13.5. The van der Waals surface area contributed by atoms with Crippen molar-refractivity contribution < 1.29 is 55.5 Å². The third kappa shape index (κ3) is 8.49. The highest BCUT2D eigenvalue weighted by atomic mass is 28.6. The summed E-state index contributed by atoms with van der Waals surface area (Å²) in [4.78, 5) is 27.0. The molecule has 3 aliphatic rings. The van der Waals surface area contributed by atoms with Crippen LogP contribution in [-0.2, 0) is 41.2 Å². The Morgan fingerprint density at radius 1 is 0.431 bits per heavy atom. The summed E-state index contributed by atoms with van der Waals surface area (Å²) in [6.07, 6.45) is 0. The van der Waals surface area contributed by atoms with Crippen LogP contribution in [0.3, 0.4) is 0 Å². The molecule has 2 N–H and O–H groups in total. The van der Waals surface area contributed by atoms with Gasteiger partial charge in [0.15, 0.2) is 0 Å². The Hall–Kier alpha value is 0.275. The van der Waals surface area contributed by atoms with Gasteiger partial charge in [-0.1, -0.05) is 164 Å². The van der Waals surface area contributed by atoms with E-state index >= 15 is 0 Å². The minimum atomic E-state index is -4.66. The molecule has 21 heteroatoms. The number of hydrogen-bond acceptors (Lipinski definition) is 13. The van der Waals surface area contributed by atoms with Crippen LogP contribution in [0, 0.1) is 0 Å². The molecule has 4 rings (SSSR count). The molecule has 0 amide bonds. The van der Waals surface area contributed by atoms with Gasteiger partial charge in [-0.2, -0.15) is 0 Å². The van der Waals surface area contributed by atoms with E-state index in [1.807, 2.05) is 170 Å². The van der Waals surface area contributed by atoms with Gasteiger partial charge in [-0.05, 0) is 19.2 Å². The lowest BCUT2D eigenvalue weighted by atomic mass is 10.3. The zero-order valence-electron chi connectivity index (χ0n) is 40.2. The molecular formula is C37H78O13Si8. The van der Waals surface area contributed by atoms with E-state index in [4.69, 9.17) is 45.9 Å². The molecule has 4 bridgehead atoms. The Morgan fingerprint density at radius 2 is 0.724 bits per heavy atom. The number of para-hydroxylation sites is 1. The highest BCUT2D eigenvalue weighted by Gasteiger charge is 2.86. The molecule has 0 spiro atoms. The van der Waals surface area contributed by atoms with Gasteiger partial charge in [0, 0.05) is 40.5 Å². The Labute approximate surface area is 359 Å². The lowest BCUT2D eigenvalue weighted by molar-refractivity contribution is -0.0270. The van der Waals surface area contributed by atoms with Crippen LogP contribution in [0.25, 0.3) is 0 Å². The quantitative estimate of drug-likeness (QED) is 0.277. The first kappa shape index (κ1) is 50.9. The first-order valence-corrected chi connectivity index (χ1v) is 35.5. The van der Waals surface area contributed by atoms with Crippen molar-refractivity contribution in [2.75, 3.05) is 7.11 Å². The second kappa shape index (κ2) is 14.6. The number of benzene rings is 1. The summed E-state index contributed by atoms with van der Waals surface area (Å²) < 4.78 is 82.6. The van der Waals surface area contributed by atoms with Crippen molar-refractivity contribution in [3.63, 3.8) is 0 Å². The van der Waals surface area contributed by atoms with E-state index in [-0.39, 0.29) is 0 Å². The molecule has 1 aromatic carbocycles. The van der Waals surface area contributed by atoms with E-state index in [0.29, 0.717) is 5.75 Å². The molecule has 58 heavy (non-hydrogen) atoms. The predicted octanol–water partition coefficient (Wildman–Crippen LogP) is 9.47. The summed E-state index contributed by atoms with van der Waals surface area (Å²) in [6, 6.07) is 7.82. The van der Waals surface area contributed by atoms with Crippen LogP contribution < -0.4 is 9.92 Å². The van der Waals surface area contributed by atoms with Gasteiger partial charge in [-0.15, -0.1) is 0 Å². The number of rotatable bonds is 4. The molecule has 3 aliphatic heterocycles. The average Bonchev–Trinajstić information content (AvgIpc) is 2.94. The van der Waals surface area contributed by atoms with Crippen molar-refractivity contribution in [2.45, 2.75) is 194 Å². The first-order chi connectivity index (χ1) is 25.4. The van der Waals surface area contributed by atoms with Crippen molar-refractivity contribution in [3.05, 3.63) is 24.3 Å². The maximum absolute atomic E-state index is 13.5. The van der Waals surface area contributed by atoms with E-state index in [1.54, 1.807) is 7.11 Å². The van der Waals surface area contributed by atoms with E-state index in [9.17, 15) is 9.59 Å². The fraction of sp³-hybridized carbons (Fsp3) is 0.838. The van der Waals surface area contributed by atoms with Crippen LogP contribution in [-0.4, -0.2) is 86.6 Å². The summed E-state index contributed by atoms with van der Waals surface area (Å²) in [5.74, 6) is 0.674. The fourth-order valence-corrected chi connectivity index (χ4v) is 56.2. The summed E-state index contributed by atoms with van der Waals surface area (Å²) in [5.41, 5.74) is 0. The van der Waals surface area contributed by atoms with Gasteiger partial charge in [0.05, 0.1) is 7.11 Å². The summed E-state index contributed by atoms with van der Waals surface area (Å²) in [6.45, 7) is 45.1. The number of methoxy groups -OCH3 is 1. The number of fused-ring (bicyclic) bond motifs is 3. The normalized spacial score (nSPS) is 36.4. The second-order valence-corrected chi connectivity index (χ2v) is 54.0. The lowest BCUT2D eigenvalue weighted by Gasteiger charge is -2.66. The Bertz CT molecular complexity index is 1620. The standard InChI is InChI=1S/C37H78O13Si8/c1-31(2,3)52(38)42-55(34(10,11)12)43-53(39,32(4,5)6)45-57(36(16,17)18)47-54(33(7,8)9,41-51(23,24)30-28-26-25-27-29(30)40-22)46-56(44-52,35(13,14)15)49-58(48-55,50-57)37(19,20)21/h25-28,38-39H,1-24H3. The molecule has 0 aliphatic carbocycles. The SMILES string of the molecule is COc1ccccc1[Si](C)(C)O[Si]1(C(C)(C)C)O[Si]2(C(C)(C)C)O[Si](O)(C(C)(C)C)O[Si]3(C(C)(C)C)O[Si](O)(C(C)(C)C)O[Si](C(C)(C)C)(O1)O[Si](C(C)(C)C)(O3)O2. The smallest absolute Gasteiger partial charge is 0.489 e. The first-order valence-electron chi connectivity index (χ1n) is 20.5. The Balaban J connectivity index is 2.38. The highest BCUT2D eigenvalue weighted by molar-refractivity contribution is 7.02. The van der Waals surface area contributed by atoms with Gasteiger partial charge in [-0.25, -0.2) is 0 Å². The summed E-state index contributed by atoms with van der Waals surface area (Å²) >= 11 is 0. The third-order valence-electron chi connectivity index (χ3n) is 11.1.